The summed E-state index contributed by atoms with van der Waals surface area (Å²) in [6, 6.07) is 7.40. The number of aryl methyl sites for hydroxylation is 3. The van der Waals surface area contributed by atoms with E-state index in [1.807, 2.05) is 0 Å². The SMILES string of the molecule is Cc1cc(C)c(CNC(=O)C2CCN(S(=O)(=O)c3cccnc3)CC2)c(C)c1. The fourth-order valence-electron chi connectivity index (χ4n) is 3.82. The normalized spacial score (nSPS) is 16.1. The highest BCUT2D eigenvalue weighted by Crippen LogP contribution is 2.24. The second-order valence-corrected chi connectivity index (χ2v) is 9.40. The Bertz CT molecular complexity index is 927. The average molecular weight is 402 g/mol. The lowest BCUT2D eigenvalue weighted by molar-refractivity contribution is -0.126. The first-order valence-corrected chi connectivity index (χ1v) is 11.0. The van der Waals surface area contributed by atoms with Gasteiger partial charge in [-0.15, -0.1) is 0 Å². The molecular formula is C21H27N3O3S. The van der Waals surface area contributed by atoms with E-state index in [0.29, 0.717) is 32.5 Å². The fourth-order valence-corrected chi connectivity index (χ4v) is 5.25. The van der Waals surface area contributed by atoms with Gasteiger partial charge in [0, 0.05) is 37.9 Å². The number of carbonyl (C=O) groups is 1. The Kier molecular flexibility index (Phi) is 6.15. The standard InChI is InChI=1S/C21H27N3O3S/c1-15-11-16(2)20(17(3)12-15)14-23-21(25)18-6-9-24(10-7-18)28(26,27)19-5-4-8-22-13-19/h4-5,8,11-13,18H,6-7,9-10,14H2,1-3H3,(H,23,25). The number of pyridine rings is 1. The molecule has 28 heavy (non-hydrogen) atoms. The van der Waals surface area contributed by atoms with Gasteiger partial charge in [-0.25, -0.2) is 8.42 Å². The summed E-state index contributed by atoms with van der Waals surface area (Å²) in [4.78, 5) is 16.7. The predicted octanol–water partition coefficient (Wildman–Crippen LogP) is 2.72. The number of hydrogen-bond acceptors (Lipinski definition) is 4. The summed E-state index contributed by atoms with van der Waals surface area (Å²) >= 11 is 0. The highest BCUT2D eigenvalue weighted by Gasteiger charge is 2.32. The molecule has 7 heteroatoms. The molecule has 1 aromatic carbocycles. The second-order valence-electron chi connectivity index (χ2n) is 7.46. The van der Waals surface area contributed by atoms with Crippen molar-refractivity contribution < 1.29 is 13.2 Å². The molecule has 6 nitrogen and oxygen atoms in total. The van der Waals surface area contributed by atoms with E-state index in [0.717, 1.165) is 5.56 Å². The van der Waals surface area contributed by atoms with Crippen molar-refractivity contribution in [3.63, 3.8) is 0 Å². The zero-order valence-corrected chi connectivity index (χ0v) is 17.4. The van der Waals surface area contributed by atoms with Crippen LogP contribution >= 0.6 is 0 Å². The number of rotatable bonds is 5. The van der Waals surface area contributed by atoms with E-state index in [2.05, 4.69) is 43.2 Å². The van der Waals surface area contributed by atoms with E-state index < -0.39 is 10.0 Å². The van der Waals surface area contributed by atoms with E-state index in [1.165, 1.54) is 27.2 Å². The highest BCUT2D eigenvalue weighted by molar-refractivity contribution is 7.89. The largest absolute Gasteiger partial charge is 0.352 e. The molecular weight excluding hydrogens is 374 g/mol. The number of nitrogens with zero attached hydrogens (tertiary/aromatic N) is 2. The van der Waals surface area contributed by atoms with Gasteiger partial charge in [-0.3, -0.25) is 9.78 Å². The molecule has 2 aromatic rings. The van der Waals surface area contributed by atoms with Crippen LogP contribution in [-0.4, -0.2) is 36.7 Å². The Morgan fingerprint density at radius 2 is 1.82 bits per heavy atom. The minimum atomic E-state index is -3.54. The molecule has 1 N–H and O–H groups in total. The first kappa shape index (κ1) is 20.5. The summed E-state index contributed by atoms with van der Waals surface area (Å²) in [7, 11) is -3.54. The van der Waals surface area contributed by atoms with Crippen molar-refractivity contribution in [1.29, 1.82) is 0 Å². The van der Waals surface area contributed by atoms with Gasteiger partial charge in [0.15, 0.2) is 0 Å². The van der Waals surface area contributed by atoms with Gasteiger partial charge in [-0.05, 0) is 62.4 Å². The summed E-state index contributed by atoms with van der Waals surface area (Å²) in [6.07, 6.45) is 3.96. The molecule has 1 aliphatic rings. The number of amides is 1. The van der Waals surface area contributed by atoms with Crippen molar-refractivity contribution in [3.05, 3.63) is 58.9 Å². The van der Waals surface area contributed by atoms with Gasteiger partial charge < -0.3 is 5.32 Å². The van der Waals surface area contributed by atoms with Gasteiger partial charge in [0.1, 0.15) is 4.90 Å². The van der Waals surface area contributed by atoms with E-state index in [1.54, 1.807) is 18.3 Å². The van der Waals surface area contributed by atoms with Crippen molar-refractivity contribution >= 4 is 15.9 Å². The van der Waals surface area contributed by atoms with Gasteiger partial charge in [0.25, 0.3) is 0 Å². The molecule has 1 aromatic heterocycles. The van der Waals surface area contributed by atoms with Crippen LogP contribution in [0.1, 0.15) is 35.1 Å². The van der Waals surface area contributed by atoms with Crippen molar-refractivity contribution in [2.75, 3.05) is 13.1 Å². The predicted molar refractivity (Wildman–Crippen MR) is 108 cm³/mol. The maximum atomic E-state index is 12.7. The average Bonchev–Trinajstić information content (AvgIpc) is 2.67. The number of nitrogens with one attached hydrogen (secondary N) is 1. The molecule has 150 valence electrons. The van der Waals surface area contributed by atoms with Crippen LogP contribution < -0.4 is 5.32 Å². The lowest BCUT2D eigenvalue weighted by Gasteiger charge is -2.30. The van der Waals surface area contributed by atoms with Crippen LogP contribution in [0.15, 0.2) is 41.6 Å². The third-order valence-electron chi connectivity index (χ3n) is 5.38. The Morgan fingerprint density at radius 1 is 1.18 bits per heavy atom. The van der Waals surface area contributed by atoms with Gasteiger partial charge in [-0.1, -0.05) is 17.7 Å². The van der Waals surface area contributed by atoms with Crippen LogP contribution in [0.4, 0.5) is 0 Å². The van der Waals surface area contributed by atoms with Crippen molar-refractivity contribution in [3.8, 4) is 0 Å². The number of hydrogen-bond donors (Lipinski definition) is 1. The Hall–Kier alpha value is -2.25. The molecule has 0 bridgehead atoms. The second kappa shape index (κ2) is 8.41. The number of piperidine rings is 1. The maximum absolute atomic E-state index is 12.7. The smallest absolute Gasteiger partial charge is 0.244 e. The zero-order valence-electron chi connectivity index (χ0n) is 16.6. The number of carbonyl (C=O) groups excluding carboxylic acids is 1. The minimum Gasteiger partial charge on any atom is -0.352 e. The van der Waals surface area contributed by atoms with Crippen LogP contribution in [0.5, 0.6) is 0 Å². The van der Waals surface area contributed by atoms with Crippen molar-refractivity contribution in [2.45, 2.75) is 45.1 Å². The van der Waals surface area contributed by atoms with Crippen LogP contribution in [-0.2, 0) is 21.4 Å². The molecule has 0 radical (unpaired) electrons. The van der Waals surface area contributed by atoms with E-state index in [9.17, 15) is 13.2 Å². The number of benzene rings is 1. The first-order valence-electron chi connectivity index (χ1n) is 9.53. The summed E-state index contributed by atoms with van der Waals surface area (Å²) < 4.78 is 26.8. The number of aromatic nitrogens is 1. The van der Waals surface area contributed by atoms with E-state index in [4.69, 9.17) is 0 Å². The lowest BCUT2D eigenvalue weighted by atomic mass is 9.96. The molecule has 0 atom stereocenters. The van der Waals surface area contributed by atoms with E-state index >= 15 is 0 Å². The lowest BCUT2D eigenvalue weighted by Crippen LogP contribution is -2.42. The molecule has 0 unspecified atom stereocenters. The van der Waals surface area contributed by atoms with Crippen molar-refractivity contribution in [2.24, 2.45) is 5.92 Å². The summed E-state index contributed by atoms with van der Waals surface area (Å²) in [6.45, 7) is 7.38. The molecule has 2 heterocycles. The summed E-state index contributed by atoms with van der Waals surface area (Å²) in [5.74, 6) is -0.163. The monoisotopic (exact) mass is 401 g/mol. The quantitative estimate of drug-likeness (QED) is 0.835. The molecule has 1 amide bonds. The van der Waals surface area contributed by atoms with Crippen molar-refractivity contribution in [1.82, 2.24) is 14.6 Å². The Morgan fingerprint density at radius 3 is 2.39 bits per heavy atom. The topological polar surface area (TPSA) is 79.4 Å². The molecule has 1 fully saturated rings. The zero-order chi connectivity index (χ0) is 20.3. The third kappa shape index (κ3) is 4.42. The first-order chi connectivity index (χ1) is 13.3. The molecule has 1 aliphatic heterocycles. The molecule has 3 rings (SSSR count). The maximum Gasteiger partial charge on any atom is 0.244 e. The Balaban J connectivity index is 1.57. The number of sulfonamides is 1. The molecule has 1 saturated heterocycles. The highest BCUT2D eigenvalue weighted by atomic mass is 32.2. The van der Waals surface area contributed by atoms with Gasteiger partial charge in [-0.2, -0.15) is 4.31 Å². The van der Waals surface area contributed by atoms with Gasteiger partial charge in [0.05, 0.1) is 0 Å². The molecule has 0 saturated carbocycles. The van der Waals surface area contributed by atoms with Crippen LogP contribution in [0.2, 0.25) is 0 Å². The molecule has 0 aliphatic carbocycles. The summed E-state index contributed by atoms with van der Waals surface area (Å²) in [5, 5.41) is 3.04. The van der Waals surface area contributed by atoms with Crippen LogP contribution in [0, 0.1) is 26.7 Å². The fraction of sp³-hybridized carbons (Fsp3) is 0.429. The van der Waals surface area contributed by atoms with E-state index in [-0.39, 0.29) is 16.7 Å². The van der Waals surface area contributed by atoms with Gasteiger partial charge in [0.2, 0.25) is 15.9 Å². The third-order valence-corrected chi connectivity index (χ3v) is 7.26. The minimum absolute atomic E-state index is 0.00204. The van der Waals surface area contributed by atoms with Crippen LogP contribution in [0.25, 0.3) is 0 Å². The Labute approximate surface area is 167 Å². The molecule has 0 spiro atoms. The summed E-state index contributed by atoms with van der Waals surface area (Å²) in [5.41, 5.74) is 4.72. The van der Waals surface area contributed by atoms with Gasteiger partial charge >= 0.3 is 0 Å². The van der Waals surface area contributed by atoms with Crippen LogP contribution in [0.3, 0.4) is 0 Å².